The first-order valence-corrected chi connectivity index (χ1v) is 13.0. The van der Waals surface area contributed by atoms with E-state index in [2.05, 4.69) is 33.1 Å². The predicted octanol–water partition coefficient (Wildman–Crippen LogP) is 3.72. The SMILES string of the molecule is C#CCC1CN(C2N(Cc3ccc(C(F)(F)F)cc3)c3cnc(C(=O)O)nc3N2NC(C)C2CCC2)CCO1. The first-order chi connectivity index (χ1) is 18.7. The number of carboxylic acids is 1. The van der Waals surface area contributed by atoms with E-state index in [0.29, 0.717) is 49.1 Å². The van der Waals surface area contributed by atoms with Gasteiger partial charge >= 0.3 is 12.1 Å². The zero-order chi connectivity index (χ0) is 27.7. The van der Waals surface area contributed by atoms with Crippen LogP contribution in [0.1, 0.15) is 54.4 Å². The van der Waals surface area contributed by atoms with E-state index in [4.69, 9.17) is 11.2 Å². The molecule has 3 heterocycles. The fourth-order valence-electron chi connectivity index (χ4n) is 5.34. The van der Waals surface area contributed by atoms with Crippen LogP contribution in [-0.2, 0) is 17.5 Å². The van der Waals surface area contributed by atoms with Crippen LogP contribution in [0.25, 0.3) is 0 Å². The lowest BCUT2D eigenvalue weighted by molar-refractivity contribution is -0.137. The molecular formula is C27H31F3N6O3. The molecule has 1 aromatic carbocycles. The minimum atomic E-state index is -4.43. The maximum absolute atomic E-state index is 13.2. The Kier molecular flexibility index (Phi) is 7.66. The lowest BCUT2D eigenvalue weighted by Crippen LogP contribution is -2.64. The molecule has 12 heteroatoms. The molecule has 3 atom stereocenters. The van der Waals surface area contributed by atoms with Crippen molar-refractivity contribution < 1.29 is 27.8 Å². The minimum absolute atomic E-state index is 0.0888. The van der Waals surface area contributed by atoms with Gasteiger partial charge in [-0.25, -0.2) is 20.2 Å². The van der Waals surface area contributed by atoms with E-state index >= 15 is 0 Å². The highest BCUT2D eigenvalue weighted by Gasteiger charge is 2.44. The summed E-state index contributed by atoms with van der Waals surface area (Å²) in [5.74, 6) is 1.95. The summed E-state index contributed by atoms with van der Waals surface area (Å²) in [6.07, 6.45) is 5.74. The molecule has 1 saturated carbocycles. The van der Waals surface area contributed by atoms with Crippen molar-refractivity contribution in [2.75, 3.05) is 29.6 Å². The molecule has 2 aromatic rings. The number of hydrogen-bond acceptors (Lipinski definition) is 8. The van der Waals surface area contributed by atoms with Gasteiger partial charge in [0.2, 0.25) is 5.82 Å². The number of benzene rings is 1. The van der Waals surface area contributed by atoms with Crippen molar-refractivity contribution in [1.29, 1.82) is 0 Å². The summed E-state index contributed by atoms with van der Waals surface area (Å²) in [5.41, 5.74) is 4.10. The summed E-state index contributed by atoms with van der Waals surface area (Å²) < 4.78 is 45.4. The Labute approximate surface area is 224 Å². The van der Waals surface area contributed by atoms with E-state index < -0.39 is 24.0 Å². The summed E-state index contributed by atoms with van der Waals surface area (Å²) in [6, 6.07) is 5.14. The first kappa shape index (κ1) is 27.2. The van der Waals surface area contributed by atoms with E-state index in [0.717, 1.165) is 25.0 Å². The van der Waals surface area contributed by atoms with Crippen LogP contribution in [0.2, 0.25) is 0 Å². The molecule has 39 heavy (non-hydrogen) atoms. The molecule has 1 saturated heterocycles. The molecule has 0 amide bonds. The second-order valence-electron chi connectivity index (χ2n) is 10.3. The van der Waals surface area contributed by atoms with Crippen molar-refractivity contribution in [3.63, 3.8) is 0 Å². The number of morpholine rings is 1. The van der Waals surface area contributed by atoms with E-state index in [-0.39, 0.29) is 24.5 Å². The second-order valence-corrected chi connectivity index (χ2v) is 10.3. The second kappa shape index (κ2) is 11.0. The molecule has 0 radical (unpaired) electrons. The lowest BCUT2D eigenvalue weighted by Gasteiger charge is -2.45. The van der Waals surface area contributed by atoms with Crippen LogP contribution < -0.4 is 15.3 Å². The smallest absolute Gasteiger partial charge is 0.416 e. The number of ether oxygens (including phenoxy) is 1. The monoisotopic (exact) mass is 544 g/mol. The average Bonchev–Trinajstić information content (AvgIpc) is 3.15. The number of alkyl halides is 3. The topological polar surface area (TPSA) is 94.1 Å². The van der Waals surface area contributed by atoms with Gasteiger partial charge in [-0.1, -0.05) is 18.6 Å². The number of nitrogens with one attached hydrogen (secondary N) is 1. The van der Waals surface area contributed by atoms with Gasteiger partial charge in [0.25, 0.3) is 0 Å². The third kappa shape index (κ3) is 5.66. The fraction of sp³-hybridized carbons (Fsp3) is 0.519. The Balaban J connectivity index is 1.53. The minimum Gasteiger partial charge on any atom is -0.475 e. The molecule has 1 aromatic heterocycles. The molecule has 2 N–H and O–H groups in total. The number of anilines is 2. The van der Waals surface area contributed by atoms with Crippen LogP contribution in [0.5, 0.6) is 0 Å². The molecular weight excluding hydrogens is 513 g/mol. The Bertz CT molecular complexity index is 1230. The van der Waals surface area contributed by atoms with Gasteiger partial charge in [-0.3, -0.25) is 9.91 Å². The summed E-state index contributed by atoms with van der Waals surface area (Å²) in [5, 5.41) is 11.5. The summed E-state index contributed by atoms with van der Waals surface area (Å²) in [7, 11) is 0. The van der Waals surface area contributed by atoms with Gasteiger partial charge < -0.3 is 14.7 Å². The Morgan fingerprint density at radius 2 is 2.05 bits per heavy atom. The number of aromatic nitrogens is 2. The van der Waals surface area contributed by atoms with Crippen LogP contribution >= 0.6 is 0 Å². The van der Waals surface area contributed by atoms with E-state index in [9.17, 15) is 23.1 Å². The van der Waals surface area contributed by atoms with Gasteiger partial charge in [-0.2, -0.15) is 13.2 Å². The average molecular weight is 545 g/mol. The van der Waals surface area contributed by atoms with E-state index in [1.165, 1.54) is 24.8 Å². The van der Waals surface area contributed by atoms with Crippen molar-refractivity contribution in [2.24, 2.45) is 5.92 Å². The molecule has 2 aliphatic heterocycles. The van der Waals surface area contributed by atoms with E-state index in [1.807, 2.05) is 9.91 Å². The highest BCUT2D eigenvalue weighted by molar-refractivity contribution is 5.85. The number of nitrogens with zero attached hydrogens (tertiary/aromatic N) is 5. The van der Waals surface area contributed by atoms with Crippen LogP contribution in [-0.4, -0.2) is 64.1 Å². The fourth-order valence-corrected chi connectivity index (χ4v) is 5.34. The number of fused-ring (bicyclic) bond motifs is 1. The number of halogens is 3. The highest BCUT2D eigenvalue weighted by atomic mass is 19.4. The van der Waals surface area contributed by atoms with Crippen molar-refractivity contribution in [3.8, 4) is 12.3 Å². The molecule has 0 bridgehead atoms. The molecule has 9 nitrogen and oxygen atoms in total. The van der Waals surface area contributed by atoms with Gasteiger partial charge in [0.05, 0.1) is 24.5 Å². The molecule has 3 aliphatic rings. The van der Waals surface area contributed by atoms with Gasteiger partial charge in [0.1, 0.15) is 5.69 Å². The van der Waals surface area contributed by atoms with Gasteiger partial charge in [0.15, 0.2) is 12.1 Å². The zero-order valence-electron chi connectivity index (χ0n) is 21.6. The van der Waals surface area contributed by atoms with Crippen molar-refractivity contribution >= 4 is 17.5 Å². The summed E-state index contributed by atoms with van der Waals surface area (Å²) in [6.45, 7) is 3.88. The lowest BCUT2D eigenvalue weighted by atomic mass is 9.81. The van der Waals surface area contributed by atoms with Crippen LogP contribution in [0.3, 0.4) is 0 Å². The quantitative estimate of drug-likeness (QED) is 0.483. The highest BCUT2D eigenvalue weighted by Crippen LogP contribution is 2.41. The number of hydrazine groups is 1. The number of carboxylic acid groups (broad SMARTS) is 1. The summed E-state index contributed by atoms with van der Waals surface area (Å²) >= 11 is 0. The number of aromatic carboxylic acids is 1. The standard InChI is InChI=1S/C27H31F3N6O3/c1-3-5-21-16-34(12-13-39-21)26-35(15-18-8-10-20(11-9-18)27(28,29)30)22-14-31-23(25(37)38)32-24(22)36(26)33-17(2)19-6-4-7-19/h1,8-11,14,17,19,21,26,33H,4-7,12-13,15-16H2,2H3,(H,37,38). The third-order valence-corrected chi connectivity index (χ3v) is 7.66. The van der Waals surface area contributed by atoms with Gasteiger partial charge in [-0.05, 0) is 43.4 Å². The zero-order valence-corrected chi connectivity index (χ0v) is 21.6. The number of terminal acetylenes is 1. The maximum Gasteiger partial charge on any atom is 0.416 e. The van der Waals surface area contributed by atoms with Crippen molar-refractivity contribution in [1.82, 2.24) is 20.3 Å². The van der Waals surface area contributed by atoms with Crippen LogP contribution in [0.4, 0.5) is 24.7 Å². The molecule has 3 unspecified atom stereocenters. The number of carbonyl (C=O) groups is 1. The van der Waals surface area contributed by atoms with Gasteiger partial charge in [-0.15, -0.1) is 12.3 Å². The predicted molar refractivity (Wildman–Crippen MR) is 138 cm³/mol. The number of rotatable bonds is 8. The Hall–Kier alpha value is -3.40. The molecule has 1 aliphatic carbocycles. The Morgan fingerprint density at radius 3 is 2.67 bits per heavy atom. The van der Waals surface area contributed by atoms with Gasteiger partial charge in [0, 0.05) is 32.1 Å². The number of hydrogen-bond donors (Lipinski definition) is 2. The molecule has 0 spiro atoms. The third-order valence-electron chi connectivity index (χ3n) is 7.66. The van der Waals surface area contributed by atoms with E-state index in [1.54, 1.807) is 0 Å². The molecule has 2 fully saturated rings. The first-order valence-electron chi connectivity index (χ1n) is 13.0. The largest absolute Gasteiger partial charge is 0.475 e. The van der Waals surface area contributed by atoms with Crippen LogP contribution in [0.15, 0.2) is 30.5 Å². The normalized spacial score (nSPS) is 22.7. The Morgan fingerprint density at radius 1 is 1.31 bits per heavy atom. The molecule has 5 rings (SSSR count). The summed E-state index contributed by atoms with van der Waals surface area (Å²) in [4.78, 5) is 24.4. The van der Waals surface area contributed by atoms with Crippen molar-refractivity contribution in [2.45, 2.75) is 63.8 Å². The van der Waals surface area contributed by atoms with Crippen LogP contribution in [0, 0.1) is 18.3 Å². The maximum atomic E-state index is 13.2. The van der Waals surface area contributed by atoms with Crippen molar-refractivity contribution in [3.05, 3.63) is 47.4 Å². The molecule has 208 valence electrons.